The van der Waals surface area contributed by atoms with Crippen LogP contribution in [0.4, 0.5) is 0 Å². The number of nitriles is 1. The van der Waals surface area contributed by atoms with Gasteiger partial charge in [0.15, 0.2) is 0 Å². The van der Waals surface area contributed by atoms with Crippen molar-refractivity contribution in [2.24, 2.45) is 5.92 Å². The molecule has 0 amide bonds. The van der Waals surface area contributed by atoms with Crippen LogP contribution < -0.4 is 0 Å². The SMILES string of the molecule is CCCC(S)C(C#N)CC. The summed E-state index contributed by atoms with van der Waals surface area (Å²) in [6.45, 7) is 4.15. The first-order valence-electron chi connectivity index (χ1n) is 3.83. The third-order valence-corrected chi connectivity index (χ3v) is 2.27. The summed E-state index contributed by atoms with van der Waals surface area (Å²) in [5, 5.41) is 8.90. The average molecular weight is 157 g/mol. The number of rotatable bonds is 4. The van der Waals surface area contributed by atoms with Crippen molar-refractivity contribution in [1.82, 2.24) is 0 Å². The van der Waals surface area contributed by atoms with Crippen LogP contribution >= 0.6 is 12.6 Å². The van der Waals surface area contributed by atoms with Crippen LogP contribution in [0.3, 0.4) is 0 Å². The largest absolute Gasteiger partial charge is 0.198 e. The number of hydrogen-bond acceptors (Lipinski definition) is 2. The summed E-state index contributed by atoms with van der Waals surface area (Å²) in [7, 11) is 0. The molecule has 0 spiro atoms. The maximum Gasteiger partial charge on any atom is 0.0667 e. The molecule has 0 radical (unpaired) electrons. The molecule has 0 aliphatic carbocycles. The van der Waals surface area contributed by atoms with Gasteiger partial charge in [-0.15, -0.1) is 0 Å². The molecule has 58 valence electrons. The Hall–Kier alpha value is -0.160. The number of thiol groups is 1. The van der Waals surface area contributed by atoms with Crippen molar-refractivity contribution < 1.29 is 0 Å². The Bertz CT molecular complexity index is 117. The second kappa shape index (κ2) is 5.61. The minimum Gasteiger partial charge on any atom is -0.198 e. The van der Waals surface area contributed by atoms with Crippen LogP contribution in [-0.4, -0.2) is 5.25 Å². The maximum atomic E-state index is 8.62. The van der Waals surface area contributed by atoms with Gasteiger partial charge in [0, 0.05) is 5.25 Å². The molecule has 1 nitrogen and oxygen atoms in total. The van der Waals surface area contributed by atoms with E-state index in [-0.39, 0.29) is 11.2 Å². The van der Waals surface area contributed by atoms with Crippen molar-refractivity contribution >= 4 is 12.6 Å². The van der Waals surface area contributed by atoms with Crippen LogP contribution in [-0.2, 0) is 0 Å². The van der Waals surface area contributed by atoms with Gasteiger partial charge in [-0.2, -0.15) is 17.9 Å². The van der Waals surface area contributed by atoms with Gasteiger partial charge < -0.3 is 0 Å². The summed E-state index contributed by atoms with van der Waals surface area (Å²) in [4.78, 5) is 0. The van der Waals surface area contributed by atoms with Gasteiger partial charge in [0.05, 0.1) is 12.0 Å². The first-order valence-corrected chi connectivity index (χ1v) is 4.35. The second-order valence-corrected chi connectivity index (χ2v) is 3.16. The smallest absolute Gasteiger partial charge is 0.0667 e. The monoisotopic (exact) mass is 157 g/mol. The Balaban J connectivity index is 3.67. The first kappa shape index (κ1) is 9.84. The van der Waals surface area contributed by atoms with E-state index in [0.717, 1.165) is 19.3 Å². The van der Waals surface area contributed by atoms with Gasteiger partial charge in [-0.25, -0.2) is 0 Å². The molecule has 0 aromatic heterocycles. The van der Waals surface area contributed by atoms with E-state index in [9.17, 15) is 0 Å². The molecule has 0 bridgehead atoms. The van der Waals surface area contributed by atoms with Gasteiger partial charge in [0.2, 0.25) is 0 Å². The lowest BCUT2D eigenvalue weighted by molar-refractivity contribution is 0.570. The minimum absolute atomic E-state index is 0.142. The van der Waals surface area contributed by atoms with Gasteiger partial charge in [-0.3, -0.25) is 0 Å². The molecule has 0 rings (SSSR count). The fraction of sp³-hybridized carbons (Fsp3) is 0.875. The van der Waals surface area contributed by atoms with E-state index in [1.807, 2.05) is 6.92 Å². The van der Waals surface area contributed by atoms with Crippen LogP contribution in [0.1, 0.15) is 33.1 Å². The number of nitrogens with zero attached hydrogens (tertiary/aromatic N) is 1. The van der Waals surface area contributed by atoms with Crippen molar-refractivity contribution in [2.45, 2.75) is 38.4 Å². The van der Waals surface area contributed by atoms with Crippen LogP contribution in [0.25, 0.3) is 0 Å². The van der Waals surface area contributed by atoms with Gasteiger partial charge in [0.25, 0.3) is 0 Å². The lowest BCUT2D eigenvalue weighted by Gasteiger charge is -2.12. The van der Waals surface area contributed by atoms with E-state index in [0.29, 0.717) is 0 Å². The van der Waals surface area contributed by atoms with Crippen LogP contribution in [0.2, 0.25) is 0 Å². The predicted molar refractivity (Wildman–Crippen MR) is 47.1 cm³/mol. The highest BCUT2D eigenvalue weighted by Crippen LogP contribution is 2.17. The Morgan fingerprint density at radius 1 is 1.50 bits per heavy atom. The van der Waals surface area contributed by atoms with Gasteiger partial charge in [0.1, 0.15) is 0 Å². The van der Waals surface area contributed by atoms with Crippen molar-refractivity contribution in [1.29, 1.82) is 5.26 Å². The van der Waals surface area contributed by atoms with Crippen LogP contribution in [0, 0.1) is 17.2 Å². The molecule has 0 saturated carbocycles. The highest BCUT2D eigenvalue weighted by molar-refractivity contribution is 7.81. The highest BCUT2D eigenvalue weighted by atomic mass is 32.1. The molecule has 0 heterocycles. The summed E-state index contributed by atoms with van der Waals surface area (Å²) in [6, 6.07) is 2.26. The topological polar surface area (TPSA) is 23.8 Å². The quantitative estimate of drug-likeness (QED) is 0.623. The zero-order valence-corrected chi connectivity index (χ0v) is 7.56. The molecule has 0 saturated heterocycles. The van der Waals surface area contributed by atoms with E-state index in [2.05, 4.69) is 25.6 Å². The fourth-order valence-corrected chi connectivity index (χ4v) is 1.48. The molecular weight excluding hydrogens is 142 g/mol. The molecular formula is C8H15NS. The Morgan fingerprint density at radius 2 is 2.10 bits per heavy atom. The van der Waals surface area contributed by atoms with E-state index in [4.69, 9.17) is 5.26 Å². The molecule has 10 heavy (non-hydrogen) atoms. The van der Waals surface area contributed by atoms with E-state index in [1.165, 1.54) is 0 Å². The molecule has 0 aliphatic heterocycles. The molecule has 2 heteroatoms. The van der Waals surface area contributed by atoms with Gasteiger partial charge in [-0.1, -0.05) is 20.3 Å². The van der Waals surface area contributed by atoms with Crippen LogP contribution in [0.15, 0.2) is 0 Å². The maximum absolute atomic E-state index is 8.62. The molecule has 0 aliphatic rings. The van der Waals surface area contributed by atoms with Crippen molar-refractivity contribution in [3.8, 4) is 6.07 Å². The lowest BCUT2D eigenvalue weighted by atomic mass is 10.0. The van der Waals surface area contributed by atoms with Gasteiger partial charge in [-0.05, 0) is 12.8 Å². The standard InChI is InChI=1S/C8H15NS/c1-3-5-8(10)7(4-2)6-9/h7-8,10H,3-5H2,1-2H3. The summed E-state index contributed by atoms with van der Waals surface area (Å²) in [5.41, 5.74) is 0. The van der Waals surface area contributed by atoms with E-state index >= 15 is 0 Å². The zero-order valence-electron chi connectivity index (χ0n) is 6.67. The van der Waals surface area contributed by atoms with Crippen molar-refractivity contribution in [3.63, 3.8) is 0 Å². The molecule has 0 fully saturated rings. The molecule has 2 atom stereocenters. The average Bonchev–Trinajstić information content (AvgIpc) is 1.91. The summed E-state index contributed by atoms with van der Waals surface area (Å²) >= 11 is 4.34. The number of hydrogen-bond donors (Lipinski definition) is 1. The zero-order chi connectivity index (χ0) is 7.98. The Morgan fingerprint density at radius 3 is 2.40 bits per heavy atom. The summed E-state index contributed by atoms with van der Waals surface area (Å²) < 4.78 is 0. The van der Waals surface area contributed by atoms with E-state index < -0.39 is 0 Å². The first-order chi connectivity index (χ1) is 4.76. The normalized spacial score (nSPS) is 15.8. The third-order valence-electron chi connectivity index (χ3n) is 1.65. The lowest BCUT2D eigenvalue weighted by Crippen LogP contribution is -2.11. The summed E-state index contributed by atoms with van der Waals surface area (Å²) in [6.07, 6.45) is 3.09. The summed E-state index contributed by atoms with van der Waals surface area (Å²) in [5.74, 6) is 0.142. The highest BCUT2D eigenvalue weighted by Gasteiger charge is 2.13. The third kappa shape index (κ3) is 3.12. The second-order valence-electron chi connectivity index (χ2n) is 2.50. The minimum atomic E-state index is 0.142. The molecule has 0 aromatic rings. The Kier molecular flexibility index (Phi) is 5.52. The van der Waals surface area contributed by atoms with Crippen molar-refractivity contribution in [3.05, 3.63) is 0 Å². The van der Waals surface area contributed by atoms with Crippen LogP contribution in [0.5, 0.6) is 0 Å². The van der Waals surface area contributed by atoms with E-state index in [1.54, 1.807) is 0 Å². The predicted octanol–water partition coefficient (Wildman–Crippen LogP) is 2.63. The fourth-order valence-electron chi connectivity index (χ4n) is 0.946. The van der Waals surface area contributed by atoms with Crippen molar-refractivity contribution in [2.75, 3.05) is 0 Å². The molecule has 0 aromatic carbocycles. The molecule has 0 N–H and O–H groups in total. The van der Waals surface area contributed by atoms with Gasteiger partial charge >= 0.3 is 0 Å². The molecule has 2 unspecified atom stereocenters. The Labute approximate surface area is 68.8 Å².